The number of nitrogens with one attached hydrogen (secondary N) is 2. The Balaban J connectivity index is 2.06. The van der Waals surface area contributed by atoms with Crippen molar-refractivity contribution in [1.29, 1.82) is 0 Å². The van der Waals surface area contributed by atoms with Gasteiger partial charge >= 0.3 is 0 Å². The lowest BCUT2D eigenvalue weighted by atomic mass is 10.2. The molecule has 2 aromatic carbocycles. The maximum atomic E-state index is 13.6. The van der Waals surface area contributed by atoms with Gasteiger partial charge in [-0.15, -0.1) is 0 Å². The summed E-state index contributed by atoms with van der Waals surface area (Å²) in [6, 6.07) is 10.2. The van der Waals surface area contributed by atoms with Crippen LogP contribution in [0.25, 0.3) is 0 Å². The second kappa shape index (κ2) is 9.56. The highest BCUT2D eigenvalue weighted by Gasteiger charge is 2.15. The normalized spacial score (nSPS) is 10.4. The van der Waals surface area contributed by atoms with E-state index in [0.29, 0.717) is 30.6 Å². The molecule has 2 N–H and O–H groups in total. The Morgan fingerprint density at radius 3 is 2.37 bits per heavy atom. The van der Waals surface area contributed by atoms with Crippen LogP contribution in [0.5, 0.6) is 11.5 Å². The third-order valence-corrected chi connectivity index (χ3v) is 3.49. The number of halogens is 1. The number of hydrogen-bond donors (Lipinski definition) is 2. The Morgan fingerprint density at radius 2 is 1.70 bits per heavy atom. The van der Waals surface area contributed by atoms with Crippen LogP contribution in [0.4, 0.5) is 4.39 Å². The Kier molecular flexibility index (Phi) is 7.16. The third kappa shape index (κ3) is 5.70. The van der Waals surface area contributed by atoms with Crippen molar-refractivity contribution in [2.75, 3.05) is 13.2 Å². The van der Waals surface area contributed by atoms with Crippen LogP contribution in [0.15, 0.2) is 42.5 Å². The molecule has 0 spiro atoms. The van der Waals surface area contributed by atoms with Crippen LogP contribution in [0.2, 0.25) is 0 Å². The molecule has 27 heavy (non-hydrogen) atoms. The molecule has 0 unspecified atom stereocenters. The minimum Gasteiger partial charge on any atom is -0.490 e. The number of ether oxygens (including phenoxy) is 2. The fourth-order valence-electron chi connectivity index (χ4n) is 2.19. The molecular weight excluding hydrogens is 351 g/mol. The average molecular weight is 374 g/mol. The van der Waals surface area contributed by atoms with Gasteiger partial charge in [0.2, 0.25) is 0 Å². The van der Waals surface area contributed by atoms with Crippen molar-refractivity contribution >= 4 is 11.8 Å². The van der Waals surface area contributed by atoms with Gasteiger partial charge < -0.3 is 9.47 Å². The summed E-state index contributed by atoms with van der Waals surface area (Å²) >= 11 is 0. The predicted molar refractivity (Wildman–Crippen MR) is 99.3 cm³/mol. The molecule has 0 fully saturated rings. The molecule has 0 radical (unpaired) electrons. The second-order valence-electron chi connectivity index (χ2n) is 6.19. The summed E-state index contributed by atoms with van der Waals surface area (Å²) < 4.78 is 24.8. The zero-order valence-electron chi connectivity index (χ0n) is 15.5. The Hall–Kier alpha value is -3.09. The first kappa shape index (κ1) is 20.2. The van der Waals surface area contributed by atoms with Crippen molar-refractivity contribution in [2.45, 2.75) is 20.8 Å². The third-order valence-electron chi connectivity index (χ3n) is 3.49. The highest BCUT2D eigenvalue weighted by molar-refractivity contribution is 5.99. The molecule has 7 heteroatoms. The molecule has 144 valence electrons. The van der Waals surface area contributed by atoms with Crippen LogP contribution in [-0.4, -0.2) is 25.0 Å². The molecule has 0 aromatic heterocycles. The number of hydrogen-bond acceptors (Lipinski definition) is 4. The van der Waals surface area contributed by atoms with E-state index in [0.717, 1.165) is 0 Å². The van der Waals surface area contributed by atoms with Gasteiger partial charge in [-0.25, -0.2) is 4.39 Å². The average Bonchev–Trinajstić information content (AvgIpc) is 2.65. The van der Waals surface area contributed by atoms with Crippen molar-refractivity contribution in [3.8, 4) is 11.5 Å². The summed E-state index contributed by atoms with van der Waals surface area (Å²) in [5.41, 5.74) is 4.56. The summed E-state index contributed by atoms with van der Waals surface area (Å²) in [6.07, 6.45) is 0. The highest BCUT2D eigenvalue weighted by atomic mass is 19.1. The van der Waals surface area contributed by atoms with E-state index in [1.54, 1.807) is 12.1 Å². The van der Waals surface area contributed by atoms with Gasteiger partial charge in [0.25, 0.3) is 11.8 Å². The predicted octanol–water partition coefficient (Wildman–Crippen LogP) is 3.33. The fraction of sp³-hybridized carbons (Fsp3) is 0.300. The second-order valence-corrected chi connectivity index (χ2v) is 6.19. The van der Waals surface area contributed by atoms with Gasteiger partial charge in [-0.3, -0.25) is 20.4 Å². The first-order valence-corrected chi connectivity index (χ1v) is 8.67. The topological polar surface area (TPSA) is 76.7 Å². The Labute approximate surface area is 157 Å². The molecule has 0 bridgehead atoms. The van der Waals surface area contributed by atoms with E-state index >= 15 is 0 Å². The van der Waals surface area contributed by atoms with Gasteiger partial charge in [0, 0.05) is 5.56 Å². The van der Waals surface area contributed by atoms with E-state index in [1.807, 2.05) is 20.8 Å². The van der Waals surface area contributed by atoms with Crippen molar-refractivity contribution in [2.24, 2.45) is 5.92 Å². The van der Waals surface area contributed by atoms with Gasteiger partial charge in [0.05, 0.1) is 18.8 Å². The summed E-state index contributed by atoms with van der Waals surface area (Å²) in [5.74, 6) is -0.659. The smallest absolute Gasteiger partial charge is 0.272 e. The number of carbonyl (C=O) groups is 2. The van der Waals surface area contributed by atoms with Crippen molar-refractivity contribution in [1.82, 2.24) is 10.9 Å². The van der Waals surface area contributed by atoms with E-state index in [2.05, 4.69) is 10.9 Å². The number of carbonyl (C=O) groups excluding carboxylic acids is 2. The lowest BCUT2D eigenvalue weighted by Crippen LogP contribution is -2.41. The van der Waals surface area contributed by atoms with E-state index in [9.17, 15) is 14.0 Å². The molecule has 0 aliphatic carbocycles. The van der Waals surface area contributed by atoms with Crippen LogP contribution < -0.4 is 20.3 Å². The first-order chi connectivity index (χ1) is 12.9. The SMILES string of the molecule is CCOc1cc(C(=O)NNC(=O)c2ccccc2F)ccc1OCC(C)C. The van der Waals surface area contributed by atoms with Crippen LogP contribution in [0, 0.1) is 11.7 Å². The Morgan fingerprint density at radius 1 is 1.00 bits per heavy atom. The van der Waals surface area contributed by atoms with E-state index in [-0.39, 0.29) is 11.1 Å². The highest BCUT2D eigenvalue weighted by Crippen LogP contribution is 2.29. The van der Waals surface area contributed by atoms with Gasteiger partial charge in [-0.1, -0.05) is 26.0 Å². The summed E-state index contributed by atoms with van der Waals surface area (Å²) in [6.45, 7) is 6.81. The molecule has 0 saturated carbocycles. The van der Waals surface area contributed by atoms with E-state index < -0.39 is 17.6 Å². The monoisotopic (exact) mass is 374 g/mol. The zero-order chi connectivity index (χ0) is 19.8. The minimum atomic E-state index is -0.747. The van der Waals surface area contributed by atoms with Gasteiger partial charge in [0.1, 0.15) is 5.82 Å². The standard InChI is InChI=1S/C20H23FN2O4/c1-4-26-18-11-14(9-10-17(18)27-12-13(2)3)19(24)22-23-20(25)15-7-5-6-8-16(15)21/h5-11,13H,4,12H2,1-3H3,(H,22,24)(H,23,25). The molecule has 0 heterocycles. The zero-order valence-corrected chi connectivity index (χ0v) is 15.5. The van der Waals surface area contributed by atoms with Crippen LogP contribution >= 0.6 is 0 Å². The van der Waals surface area contributed by atoms with Crippen molar-refractivity contribution in [3.63, 3.8) is 0 Å². The van der Waals surface area contributed by atoms with E-state index in [4.69, 9.17) is 9.47 Å². The minimum absolute atomic E-state index is 0.162. The molecular formula is C20H23FN2O4. The van der Waals surface area contributed by atoms with Crippen molar-refractivity contribution in [3.05, 3.63) is 59.4 Å². The van der Waals surface area contributed by atoms with Crippen LogP contribution in [-0.2, 0) is 0 Å². The molecule has 6 nitrogen and oxygen atoms in total. The number of benzene rings is 2. The van der Waals surface area contributed by atoms with Crippen LogP contribution in [0.3, 0.4) is 0 Å². The van der Waals surface area contributed by atoms with Gasteiger partial charge in [-0.05, 0) is 43.2 Å². The molecule has 0 aliphatic heterocycles. The lowest BCUT2D eigenvalue weighted by Gasteiger charge is -2.15. The first-order valence-electron chi connectivity index (χ1n) is 8.67. The molecule has 2 amide bonds. The van der Waals surface area contributed by atoms with Gasteiger partial charge in [-0.2, -0.15) is 0 Å². The van der Waals surface area contributed by atoms with Crippen LogP contribution in [0.1, 0.15) is 41.5 Å². The summed E-state index contributed by atoms with van der Waals surface area (Å²) in [7, 11) is 0. The quantitative estimate of drug-likeness (QED) is 0.729. The maximum absolute atomic E-state index is 13.6. The molecule has 0 atom stereocenters. The summed E-state index contributed by atoms with van der Waals surface area (Å²) in [5, 5.41) is 0. The van der Waals surface area contributed by atoms with E-state index in [1.165, 1.54) is 30.3 Å². The van der Waals surface area contributed by atoms with Gasteiger partial charge in [0.15, 0.2) is 11.5 Å². The maximum Gasteiger partial charge on any atom is 0.272 e. The number of hydrazine groups is 1. The summed E-state index contributed by atoms with van der Waals surface area (Å²) in [4.78, 5) is 24.2. The molecule has 2 rings (SSSR count). The van der Waals surface area contributed by atoms with Crippen molar-refractivity contribution < 1.29 is 23.5 Å². The molecule has 2 aromatic rings. The largest absolute Gasteiger partial charge is 0.490 e. The molecule has 0 aliphatic rings. The Bertz CT molecular complexity index is 808. The fourth-order valence-corrected chi connectivity index (χ4v) is 2.19. The number of rotatable bonds is 7. The lowest BCUT2D eigenvalue weighted by molar-refractivity contribution is 0.0844. The molecule has 0 saturated heterocycles. The number of amides is 2.